The van der Waals surface area contributed by atoms with Crippen LogP contribution in [0.2, 0.25) is 0 Å². The smallest absolute Gasteiger partial charge is 0.432 e. The van der Waals surface area contributed by atoms with E-state index >= 15 is 0 Å². The van der Waals surface area contributed by atoms with Gasteiger partial charge in [0.2, 0.25) is 0 Å². The molecule has 0 saturated carbocycles. The molecule has 0 spiro atoms. The second-order valence-corrected chi connectivity index (χ2v) is 11.5. The highest BCUT2D eigenvalue weighted by Crippen LogP contribution is 2.51. The lowest BCUT2D eigenvalue weighted by Gasteiger charge is -2.35. The average Bonchev–Trinajstić information content (AvgIpc) is 3.53. The molecule has 234 valence electrons. The molecule has 0 radical (unpaired) electrons. The maximum absolute atomic E-state index is 14.7. The predicted molar refractivity (Wildman–Crippen MR) is 148 cm³/mol. The van der Waals surface area contributed by atoms with Gasteiger partial charge in [0.15, 0.2) is 0 Å². The number of methoxy groups -OCH3 is 1. The van der Waals surface area contributed by atoms with E-state index in [1.54, 1.807) is 13.8 Å². The molecule has 3 aliphatic rings. The standard InChI is InChI=1S/C32H37F3O8/c1-18-11-10-12-19(2)17-23(41-29(38)31(39-6,32(33,34)35)22-13-8-7-9-14-22)25-20(3)28(37)42-26(25)27-30(5,43-27)24(16-15-18)40-21(4)36/h7-9,12-15,23-27H,3,10-11,16-17H2,1-2,4-6H3/b18-15+,19-12+/t23-,24-,25-,26+,27+,30+,31+/m1/s1. The first-order valence-corrected chi connectivity index (χ1v) is 14.1. The van der Waals surface area contributed by atoms with Crippen molar-refractivity contribution in [1.29, 1.82) is 0 Å². The van der Waals surface area contributed by atoms with Gasteiger partial charge in [0, 0.05) is 38.0 Å². The molecule has 2 aliphatic heterocycles. The number of hydrogen-bond donors (Lipinski definition) is 0. The van der Waals surface area contributed by atoms with Crippen LogP contribution < -0.4 is 0 Å². The molecule has 1 aromatic carbocycles. The van der Waals surface area contributed by atoms with E-state index in [0.717, 1.165) is 30.4 Å². The van der Waals surface area contributed by atoms with Gasteiger partial charge in [-0.2, -0.15) is 13.2 Å². The minimum Gasteiger partial charge on any atom is -0.459 e. The topological polar surface area (TPSA) is 101 Å². The van der Waals surface area contributed by atoms with Crippen molar-refractivity contribution in [2.45, 2.75) is 95.2 Å². The Labute approximate surface area is 248 Å². The van der Waals surface area contributed by atoms with Crippen LogP contribution in [0.4, 0.5) is 13.2 Å². The fourth-order valence-electron chi connectivity index (χ4n) is 5.99. The first-order valence-electron chi connectivity index (χ1n) is 14.1. The predicted octanol–water partition coefficient (Wildman–Crippen LogP) is 5.66. The van der Waals surface area contributed by atoms with Gasteiger partial charge in [-0.15, -0.1) is 0 Å². The van der Waals surface area contributed by atoms with Crippen LogP contribution in [0.15, 0.2) is 65.8 Å². The number of allylic oxidation sites excluding steroid dienone is 2. The monoisotopic (exact) mass is 606 g/mol. The van der Waals surface area contributed by atoms with E-state index in [9.17, 15) is 27.6 Å². The number of alkyl halides is 3. The van der Waals surface area contributed by atoms with Crippen LogP contribution in [0.5, 0.6) is 0 Å². The molecule has 2 saturated heterocycles. The lowest BCUT2D eigenvalue weighted by molar-refractivity contribution is -0.279. The van der Waals surface area contributed by atoms with E-state index in [2.05, 4.69) is 6.58 Å². The Morgan fingerprint density at radius 1 is 1.07 bits per heavy atom. The minimum absolute atomic E-state index is 0.00538. The van der Waals surface area contributed by atoms with Crippen molar-refractivity contribution in [2.24, 2.45) is 5.92 Å². The molecule has 0 amide bonds. The number of rotatable bonds is 5. The Hall–Kier alpha value is -3.44. The molecule has 0 bridgehead atoms. The summed E-state index contributed by atoms with van der Waals surface area (Å²) in [6, 6.07) is 6.50. The van der Waals surface area contributed by atoms with E-state index in [-0.39, 0.29) is 12.0 Å². The summed E-state index contributed by atoms with van der Waals surface area (Å²) in [7, 11) is 0.790. The Bertz CT molecular complexity index is 1320. The molecule has 0 N–H and O–H groups in total. The molecule has 1 aromatic rings. The molecule has 11 heteroatoms. The van der Waals surface area contributed by atoms with Crippen LogP contribution >= 0.6 is 0 Å². The Morgan fingerprint density at radius 2 is 1.74 bits per heavy atom. The van der Waals surface area contributed by atoms with Gasteiger partial charge in [-0.1, -0.05) is 60.2 Å². The summed E-state index contributed by atoms with van der Waals surface area (Å²) in [6.45, 7) is 10.6. The Balaban J connectivity index is 1.78. The second-order valence-electron chi connectivity index (χ2n) is 11.5. The third kappa shape index (κ3) is 6.28. The summed E-state index contributed by atoms with van der Waals surface area (Å²) < 4.78 is 72.1. The van der Waals surface area contributed by atoms with Crippen molar-refractivity contribution in [1.82, 2.24) is 0 Å². The summed E-state index contributed by atoms with van der Waals surface area (Å²) in [4.78, 5) is 38.5. The zero-order valence-corrected chi connectivity index (χ0v) is 24.9. The van der Waals surface area contributed by atoms with Crippen LogP contribution in [0, 0.1) is 5.92 Å². The number of fused-ring (bicyclic) bond motifs is 3. The number of epoxide rings is 1. The summed E-state index contributed by atoms with van der Waals surface area (Å²) in [6.07, 6.45) is -3.61. The highest BCUT2D eigenvalue weighted by molar-refractivity contribution is 5.91. The molecule has 4 rings (SSSR count). The Kier molecular flexibility index (Phi) is 9.27. The van der Waals surface area contributed by atoms with Gasteiger partial charge in [0.25, 0.3) is 5.60 Å². The zero-order chi connectivity index (χ0) is 31.7. The fourth-order valence-corrected chi connectivity index (χ4v) is 5.99. The number of ether oxygens (including phenoxy) is 5. The third-order valence-corrected chi connectivity index (χ3v) is 8.46. The van der Waals surface area contributed by atoms with Gasteiger partial charge in [0.1, 0.15) is 30.0 Å². The van der Waals surface area contributed by atoms with Crippen molar-refractivity contribution in [3.05, 3.63) is 71.3 Å². The van der Waals surface area contributed by atoms with Gasteiger partial charge >= 0.3 is 24.1 Å². The molecule has 43 heavy (non-hydrogen) atoms. The number of hydrogen-bond acceptors (Lipinski definition) is 8. The van der Waals surface area contributed by atoms with Crippen molar-refractivity contribution in [3.63, 3.8) is 0 Å². The first kappa shape index (κ1) is 32.5. The largest absolute Gasteiger partial charge is 0.459 e. The van der Waals surface area contributed by atoms with E-state index in [1.807, 2.05) is 19.1 Å². The number of carbonyl (C=O) groups is 3. The summed E-state index contributed by atoms with van der Waals surface area (Å²) in [5.74, 6) is -4.04. The number of halogens is 3. The molecule has 0 aromatic heterocycles. The van der Waals surface area contributed by atoms with Crippen LogP contribution in [0.3, 0.4) is 0 Å². The van der Waals surface area contributed by atoms with Crippen molar-refractivity contribution in [3.8, 4) is 0 Å². The molecule has 2 heterocycles. The SMILES string of the molecule is C=C1C(=O)O[C@H]2[C@H]1[C@H](OC(=O)[C@@](OC)(c1ccccc1)C(F)(F)F)C/C(C)=C/CC/C(C)=C/C[C@@H](OC(C)=O)[C@]1(C)O[C@@H]21. The quantitative estimate of drug-likeness (QED) is 0.139. The van der Waals surface area contributed by atoms with Crippen LogP contribution in [0.25, 0.3) is 0 Å². The maximum atomic E-state index is 14.7. The summed E-state index contributed by atoms with van der Waals surface area (Å²) in [5, 5.41) is 0. The molecule has 0 unspecified atom stereocenters. The lowest BCUT2D eigenvalue weighted by Crippen LogP contribution is -2.53. The third-order valence-electron chi connectivity index (χ3n) is 8.46. The Morgan fingerprint density at radius 3 is 2.35 bits per heavy atom. The van der Waals surface area contributed by atoms with Gasteiger partial charge < -0.3 is 23.7 Å². The maximum Gasteiger partial charge on any atom is 0.432 e. The highest BCUT2D eigenvalue weighted by Gasteiger charge is 2.69. The van der Waals surface area contributed by atoms with Crippen LogP contribution in [-0.2, 0) is 43.7 Å². The number of esters is 3. The van der Waals surface area contributed by atoms with E-state index in [4.69, 9.17) is 23.7 Å². The summed E-state index contributed by atoms with van der Waals surface area (Å²) in [5.41, 5.74) is -3.25. The van der Waals surface area contributed by atoms with Crippen molar-refractivity contribution < 1.29 is 51.2 Å². The molecular weight excluding hydrogens is 569 g/mol. The molecular formula is C32H37F3O8. The van der Waals surface area contributed by atoms with Gasteiger partial charge in [0.05, 0.1) is 5.92 Å². The second kappa shape index (κ2) is 12.3. The average molecular weight is 607 g/mol. The van der Waals surface area contributed by atoms with Gasteiger partial charge in [-0.3, -0.25) is 4.79 Å². The van der Waals surface area contributed by atoms with E-state index < -0.39 is 71.2 Å². The van der Waals surface area contributed by atoms with Crippen molar-refractivity contribution >= 4 is 17.9 Å². The number of benzene rings is 1. The molecule has 7 atom stereocenters. The molecule has 2 fully saturated rings. The van der Waals surface area contributed by atoms with E-state index in [1.165, 1.54) is 25.1 Å². The van der Waals surface area contributed by atoms with Crippen LogP contribution in [-0.4, -0.2) is 61.2 Å². The number of carbonyl (C=O) groups excluding carboxylic acids is 3. The fraction of sp³-hybridized carbons (Fsp3) is 0.531. The van der Waals surface area contributed by atoms with Crippen molar-refractivity contribution in [2.75, 3.05) is 7.11 Å². The van der Waals surface area contributed by atoms with Crippen LogP contribution in [0.1, 0.15) is 58.9 Å². The highest BCUT2D eigenvalue weighted by atomic mass is 19.4. The molecule has 1 aliphatic carbocycles. The van der Waals surface area contributed by atoms with E-state index in [0.29, 0.717) is 19.3 Å². The lowest BCUT2D eigenvalue weighted by atomic mass is 9.82. The van der Waals surface area contributed by atoms with Gasteiger partial charge in [-0.05, 0) is 33.6 Å². The minimum atomic E-state index is -5.19. The molecule has 8 nitrogen and oxygen atoms in total. The summed E-state index contributed by atoms with van der Waals surface area (Å²) >= 11 is 0. The normalized spacial score (nSPS) is 33.6. The zero-order valence-electron chi connectivity index (χ0n) is 24.9. The van der Waals surface area contributed by atoms with Gasteiger partial charge in [-0.25, -0.2) is 9.59 Å². The first-order chi connectivity index (χ1) is 20.2.